The van der Waals surface area contributed by atoms with Crippen molar-refractivity contribution < 1.29 is 4.79 Å². The Morgan fingerprint density at radius 2 is 1.76 bits per heavy atom. The molecule has 7 heteroatoms. The first-order valence-corrected chi connectivity index (χ1v) is 9.55. The molecule has 1 amide bonds. The number of aliphatic imine (C=N–C) groups is 1. The van der Waals surface area contributed by atoms with E-state index in [1.807, 2.05) is 7.05 Å². The van der Waals surface area contributed by atoms with Crippen LogP contribution in [0.1, 0.15) is 39.5 Å². The molecular weight excluding hydrogens is 429 g/mol. The lowest BCUT2D eigenvalue weighted by atomic mass is 9.84. The first-order valence-electron chi connectivity index (χ1n) is 9.55. The number of rotatable bonds is 7. The van der Waals surface area contributed by atoms with Crippen LogP contribution in [-0.4, -0.2) is 74.5 Å². The second-order valence-corrected chi connectivity index (χ2v) is 7.40. The van der Waals surface area contributed by atoms with Crippen LogP contribution >= 0.6 is 24.0 Å². The number of carbonyl (C=O) groups excluding carboxylic acids is 1. The minimum absolute atomic E-state index is 0. The fraction of sp³-hybridized carbons (Fsp3) is 0.889. The van der Waals surface area contributed by atoms with Crippen molar-refractivity contribution >= 4 is 35.8 Å². The summed E-state index contributed by atoms with van der Waals surface area (Å²) < 4.78 is 0. The average Bonchev–Trinajstić information content (AvgIpc) is 2.52. The van der Waals surface area contributed by atoms with Crippen molar-refractivity contribution in [1.29, 1.82) is 0 Å². The van der Waals surface area contributed by atoms with E-state index >= 15 is 0 Å². The van der Waals surface area contributed by atoms with Crippen molar-refractivity contribution in [2.75, 3.05) is 52.9 Å². The van der Waals surface area contributed by atoms with Crippen LogP contribution in [0.15, 0.2) is 4.99 Å². The highest BCUT2D eigenvalue weighted by Crippen LogP contribution is 2.28. The number of nitrogens with zero attached hydrogens (tertiary/aromatic N) is 3. The van der Waals surface area contributed by atoms with Gasteiger partial charge in [0.25, 0.3) is 0 Å². The molecule has 2 fully saturated rings. The summed E-state index contributed by atoms with van der Waals surface area (Å²) in [5.74, 6) is 2.32. The monoisotopic (exact) mass is 465 g/mol. The molecule has 1 heterocycles. The van der Waals surface area contributed by atoms with E-state index in [1.165, 1.54) is 6.42 Å². The molecule has 0 atom stereocenters. The lowest BCUT2D eigenvalue weighted by molar-refractivity contribution is -0.139. The van der Waals surface area contributed by atoms with E-state index in [0.29, 0.717) is 17.7 Å². The molecule has 0 unspecified atom stereocenters. The minimum atomic E-state index is 0. The van der Waals surface area contributed by atoms with Gasteiger partial charge in [-0.25, -0.2) is 0 Å². The maximum atomic E-state index is 12.2. The summed E-state index contributed by atoms with van der Waals surface area (Å²) in [6.07, 6.45) is 4.59. The molecule has 146 valence electrons. The summed E-state index contributed by atoms with van der Waals surface area (Å²) in [7, 11) is 1.82. The summed E-state index contributed by atoms with van der Waals surface area (Å²) in [4.78, 5) is 21.0. The molecule has 6 nitrogen and oxygen atoms in total. The van der Waals surface area contributed by atoms with Crippen molar-refractivity contribution in [3.63, 3.8) is 0 Å². The van der Waals surface area contributed by atoms with Gasteiger partial charge < -0.3 is 15.5 Å². The second kappa shape index (κ2) is 11.9. The summed E-state index contributed by atoms with van der Waals surface area (Å²) in [6.45, 7) is 11.0. The highest BCUT2D eigenvalue weighted by Gasteiger charge is 2.30. The average molecular weight is 465 g/mol. The Kier molecular flexibility index (Phi) is 10.7. The zero-order valence-corrected chi connectivity index (χ0v) is 18.4. The quantitative estimate of drug-likeness (QED) is 0.342. The van der Waals surface area contributed by atoms with Gasteiger partial charge in [0.15, 0.2) is 5.96 Å². The van der Waals surface area contributed by atoms with Crippen molar-refractivity contribution in [2.24, 2.45) is 16.8 Å². The minimum Gasteiger partial charge on any atom is -0.356 e. The predicted octanol–water partition coefficient (Wildman–Crippen LogP) is 1.76. The van der Waals surface area contributed by atoms with E-state index in [0.717, 1.165) is 71.0 Å². The highest BCUT2D eigenvalue weighted by molar-refractivity contribution is 14.0. The van der Waals surface area contributed by atoms with E-state index in [-0.39, 0.29) is 24.0 Å². The molecule has 1 saturated carbocycles. The number of carbonyl (C=O) groups is 1. The summed E-state index contributed by atoms with van der Waals surface area (Å²) >= 11 is 0. The van der Waals surface area contributed by atoms with Gasteiger partial charge in [0.2, 0.25) is 5.91 Å². The van der Waals surface area contributed by atoms with Crippen LogP contribution in [0, 0.1) is 11.8 Å². The van der Waals surface area contributed by atoms with Gasteiger partial charge in [-0.05, 0) is 25.2 Å². The first kappa shape index (κ1) is 22.5. The van der Waals surface area contributed by atoms with Crippen molar-refractivity contribution in [3.8, 4) is 0 Å². The lowest BCUT2D eigenvalue weighted by Gasteiger charge is -2.38. The van der Waals surface area contributed by atoms with Crippen molar-refractivity contribution in [2.45, 2.75) is 39.5 Å². The number of guanidine groups is 1. The van der Waals surface area contributed by atoms with Crippen molar-refractivity contribution in [3.05, 3.63) is 0 Å². The standard InChI is InChI=1S/C18H35N5O.HI/c1-15(2)7-8-20-18(19-3)21-9-10-22-11-13-23(14-12-22)17(24)16-5-4-6-16;/h15-16H,4-14H2,1-3H3,(H2,19,20,21);1H. The topological polar surface area (TPSA) is 60.0 Å². The smallest absolute Gasteiger partial charge is 0.225 e. The molecule has 1 saturated heterocycles. The summed E-state index contributed by atoms with van der Waals surface area (Å²) in [6, 6.07) is 0. The SMILES string of the molecule is CN=C(NCCC(C)C)NCCN1CCN(C(=O)C2CCC2)CC1.I. The number of hydrogen-bond donors (Lipinski definition) is 2. The van der Waals surface area contributed by atoms with Gasteiger partial charge in [-0.15, -0.1) is 24.0 Å². The predicted molar refractivity (Wildman–Crippen MR) is 115 cm³/mol. The van der Waals surface area contributed by atoms with Gasteiger partial charge in [0, 0.05) is 58.8 Å². The van der Waals surface area contributed by atoms with Gasteiger partial charge in [-0.1, -0.05) is 20.3 Å². The van der Waals surface area contributed by atoms with E-state index < -0.39 is 0 Å². The van der Waals surface area contributed by atoms with E-state index in [9.17, 15) is 4.79 Å². The van der Waals surface area contributed by atoms with Gasteiger partial charge >= 0.3 is 0 Å². The second-order valence-electron chi connectivity index (χ2n) is 7.40. The number of hydrogen-bond acceptors (Lipinski definition) is 3. The number of piperazine rings is 1. The largest absolute Gasteiger partial charge is 0.356 e. The fourth-order valence-electron chi connectivity index (χ4n) is 3.14. The third-order valence-corrected chi connectivity index (χ3v) is 5.10. The van der Waals surface area contributed by atoms with Gasteiger partial charge in [0.05, 0.1) is 0 Å². The Labute approximate surface area is 170 Å². The van der Waals surface area contributed by atoms with E-state index in [2.05, 4.69) is 39.3 Å². The van der Waals surface area contributed by atoms with Gasteiger partial charge in [0.1, 0.15) is 0 Å². The molecule has 0 bridgehead atoms. The highest BCUT2D eigenvalue weighted by atomic mass is 127. The zero-order chi connectivity index (χ0) is 17.4. The molecule has 0 aromatic heterocycles. The Morgan fingerprint density at radius 1 is 1.12 bits per heavy atom. The Balaban J connectivity index is 0.00000312. The number of nitrogens with one attached hydrogen (secondary N) is 2. The van der Waals surface area contributed by atoms with Crippen LogP contribution in [0.2, 0.25) is 0 Å². The molecule has 0 radical (unpaired) electrons. The molecule has 25 heavy (non-hydrogen) atoms. The third-order valence-electron chi connectivity index (χ3n) is 5.10. The van der Waals surface area contributed by atoms with Crippen LogP contribution in [-0.2, 0) is 4.79 Å². The number of amides is 1. The van der Waals surface area contributed by atoms with Crippen molar-refractivity contribution in [1.82, 2.24) is 20.4 Å². The maximum Gasteiger partial charge on any atom is 0.225 e. The molecule has 0 spiro atoms. The molecule has 0 aromatic rings. The van der Waals surface area contributed by atoms with Crippen LogP contribution in [0.5, 0.6) is 0 Å². The van der Waals surface area contributed by atoms with Crippen LogP contribution in [0.3, 0.4) is 0 Å². The molecular formula is C18H36IN5O. The summed E-state index contributed by atoms with van der Waals surface area (Å²) in [5, 5.41) is 6.73. The first-order chi connectivity index (χ1) is 11.6. The molecule has 2 aliphatic rings. The molecule has 2 rings (SSSR count). The van der Waals surface area contributed by atoms with E-state index in [1.54, 1.807) is 0 Å². The van der Waals surface area contributed by atoms with Crippen LogP contribution in [0.4, 0.5) is 0 Å². The zero-order valence-electron chi connectivity index (χ0n) is 16.1. The maximum absolute atomic E-state index is 12.2. The molecule has 2 N–H and O–H groups in total. The Bertz CT molecular complexity index is 418. The molecule has 1 aliphatic carbocycles. The Morgan fingerprint density at radius 3 is 2.28 bits per heavy atom. The Hall–Kier alpha value is -0.570. The van der Waals surface area contributed by atoms with Crippen LogP contribution < -0.4 is 10.6 Å². The molecule has 0 aromatic carbocycles. The van der Waals surface area contributed by atoms with Gasteiger partial charge in [-0.3, -0.25) is 14.7 Å². The van der Waals surface area contributed by atoms with Gasteiger partial charge in [-0.2, -0.15) is 0 Å². The van der Waals surface area contributed by atoms with Crippen LogP contribution in [0.25, 0.3) is 0 Å². The number of halogens is 1. The van der Waals surface area contributed by atoms with E-state index in [4.69, 9.17) is 0 Å². The fourth-order valence-corrected chi connectivity index (χ4v) is 3.14. The molecule has 1 aliphatic heterocycles. The normalized spacial score (nSPS) is 19.4. The summed E-state index contributed by atoms with van der Waals surface area (Å²) in [5.41, 5.74) is 0. The third kappa shape index (κ3) is 7.68. The lowest BCUT2D eigenvalue weighted by Crippen LogP contribution is -2.52.